The van der Waals surface area contributed by atoms with Crippen molar-refractivity contribution in [2.24, 2.45) is 0 Å². The number of carbonyl (C=O) groups excluding carboxylic acids is 4. The number of fused-ring (bicyclic) bond motifs is 4. The second-order valence-electron chi connectivity index (χ2n) is 12.2. The van der Waals surface area contributed by atoms with Gasteiger partial charge in [-0.2, -0.15) is 0 Å². The van der Waals surface area contributed by atoms with Crippen LogP contribution in [0, 0.1) is 0 Å². The first kappa shape index (κ1) is 30.5. The number of carbonyl (C=O) groups is 4. The van der Waals surface area contributed by atoms with E-state index in [0.717, 1.165) is 33.4 Å². The third kappa shape index (κ3) is 5.29. The molecule has 50 heavy (non-hydrogen) atoms. The van der Waals surface area contributed by atoms with Crippen LogP contribution >= 0.6 is 0 Å². The molecule has 4 nitrogen and oxygen atoms in total. The van der Waals surface area contributed by atoms with Crippen molar-refractivity contribution < 1.29 is 19.2 Å². The quantitative estimate of drug-likeness (QED) is 0.192. The molecule has 0 fully saturated rings. The summed E-state index contributed by atoms with van der Waals surface area (Å²) in [6.07, 6.45) is 0. The number of hydrogen-bond donors (Lipinski definition) is 0. The SMILES string of the molecule is O=C1c2ccccc2C(=O)c2cc(-c3ccccc3)c(-c3ccccc3)cc21.O=C1c2ccccc2C(=O)c2cc(-c3ccccc3)ccc21. The van der Waals surface area contributed by atoms with Crippen LogP contribution < -0.4 is 0 Å². The normalized spacial score (nSPS) is 12.6. The lowest BCUT2D eigenvalue weighted by atomic mass is 9.80. The van der Waals surface area contributed by atoms with Crippen molar-refractivity contribution in [2.45, 2.75) is 0 Å². The molecule has 0 amide bonds. The van der Waals surface area contributed by atoms with Crippen molar-refractivity contribution in [3.8, 4) is 33.4 Å². The highest BCUT2D eigenvalue weighted by Gasteiger charge is 2.31. The van der Waals surface area contributed by atoms with Gasteiger partial charge in [-0.15, -0.1) is 0 Å². The zero-order chi connectivity index (χ0) is 34.2. The minimum absolute atomic E-state index is 0.0789. The third-order valence-corrected chi connectivity index (χ3v) is 9.27. The summed E-state index contributed by atoms with van der Waals surface area (Å²) in [6, 6.07) is 53.1. The van der Waals surface area contributed by atoms with Gasteiger partial charge in [0.25, 0.3) is 0 Å². The number of ketones is 4. The van der Waals surface area contributed by atoms with Crippen LogP contribution in [0.3, 0.4) is 0 Å². The maximum absolute atomic E-state index is 13.1. The van der Waals surface area contributed by atoms with Crippen LogP contribution in [0.15, 0.2) is 170 Å². The van der Waals surface area contributed by atoms with Gasteiger partial charge >= 0.3 is 0 Å². The van der Waals surface area contributed by atoms with E-state index in [4.69, 9.17) is 0 Å². The molecule has 0 saturated carbocycles. The summed E-state index contributed by atoms with van der Waals surface area (Å²) in [6.45, 7) is 0. The minimum atomic E-state index is -0.0954. The Bertz CT molecular complexity index is 2380. The number of rotatable bonds is 3. The molecule has 0 saturated heterocycles. The monoisotopic (exact) mass is 644 g/mol. The predicted molar refractivity (Wildman–Crippen MR) is 196 cm³/mol. The molecule has 7 aromatic carbocycles. The molecule has 0 spiro atoms. The molecule has 0 atom stereocenters. The van der Waals surface area contributed by atoms with Gasteiger partial charge in [0.15, 0.2) is 23.1 Å². The average Bonchev–Trinajstić information content (AvgIpc) is 3.19. The summed E-state index contributed by atoms with van der Waals surface area (Å²) in [5, 5.41) is 0. The molecule has 2 aliphatic rings. The predicted octanol–water partition coefficient (Wildman–Crippen LogP) is 9.92. The zero-order valence-corrected chi connectivity index (χ0v) is 26.8. The lowest BCUT2D eigenvalue weighted by Gasteiger charge is -2.21. The topological polar surface area (TPSA) is 68.3 Å². The first-order valence-electron chi connectivity index (χ1n) is 16.3. The fraction of sp³-hybridized carbons (Fsp3) is 0. The maximum atomic E-state index is 13.1. The highest BCUT2D eigenvalue weighted by molar-refractivity contribution is 6.30. The van der Waals surface area contributed by atoms with E-state index in [2.05, 4.69) is 0 Å². The fourth-order valence-electron chi connectivity index (χ4n) is 6.77. The van der Waals surface area contributed by atoms with E-state index in [0.29, 0.717) is 44.5 Å². The van der Waals surface area contributed by atoms with Crippen LogP contribution in [0.5, 0.6) is 0 Å². The molecule has 0 bridgehead atoms. The van der Waals surface area contributed by atoms with Crippen LogP contribution in [-0.2, 0) is 0 Å². The van der Waals surface area contributed by atoms with Gasteiger partial charge in [-0.1, -0.05) is 146 Å². The van der Waals surface area contributed by atoms with Gasteiger partial charge < -0.3 is 0 Å². The van der Waals surface area contributed by atoms with E-state index in [1.165, 1.54) is 0 Å². The zero-order valence-electron chi connectivity index (χ0n) is 26.8. The van der Waals surface area contributed by atoms with E-state index in [9.17, 15) is 19.2 Å². The fourth-order valence-corrected chi connectivity index (χ4v) is 6.77. The second kappa shape index (κ2) is 12.7. The van der Waals surface area contributed by atoms with Gasteiger partial charge in [-0.3, -0.25) is 19.2 Å². The summed E-state index contributed by atoms with van der Waals surface area (Å²) in [5.74, 6) is -0.350. The molecule has 236 valence electrons. The van der Waals surface area contributed by atoms with E-state index < -0.39 is 0 Å². The number of hydrogen-bond acceptors (Lipinski definition) is 4. The highest BCUT2D eigenvalue weighted by atomic mass is 16.1. The molecule has 7 aromatic rings. The molecule has 9 rings (SSSR count). The summed E-state index contributed by atoms with van der Waals surface area (Å²) in [7, 11) is 0. The smallest absolute Gasteiger partial charge is 0.194 e. The molecule has 0 N–H and O–H groups in total. The van der Waals surface area contributed by atoms with E-state index in [-0.39, 0.29) is 23.1 Å². The van der Waals surface area contributed by atoms with Gasteiger partial charge in [-0.25, -0.2) is 0 Å². The highest BCUT2D eigenvalue weighted by Crippen LogP contribution is 2.38. The molecule has 0 aromatic heterocycles. The van der Waals surface area contributed by atoms with Gasteiger partial charge in [0.05, 0.1) is 0 Å². The van der Waals surface area contributed by atoms with E-state index in [1.807, 2.05) is 115 Å². The van der Waals surface area contributed by atoms with Crippen LogP contribution in [0.1, 0.15) is 63.7 Å². The molecule has 4 heteroatoms. The number of benzene rings is 7. The van der Waals surface area contributed by atoms with Gasteiger partial charge in [0.2, 0.25) is 0 Å². The molecular formula is C46H28O4. The van der Waals surface area contributed by atoms with Crippen molar-refractivity contribution in [2.75, 3.05) is 0 Å². The van der Waals surface area contributed by atoms with Crippen LogP contribution in [0.4, 0.5) is 0 Å². The van der Waals surface area contributed by atoms with E-state index >= 15 is 0 Å². The Kier molecular flexibility index (Phi) is 7.75. The van der Waals surface area contributed by atoms with Gasteiger partial charge in [0, 0.05) is 44.5 Å². The third-order valence-electron chi connectivity index (χ3n) is 9.27. The molecular weight excluding hydrogens is 617 g/mol. The second-order valence-corrected chi connectivity index (χ2v) is 12.2. The Morgan fingerprint density at radius 2 is 0.500 bits per heavy atom. The van der Waals surface area contributed by atoms with Crippen LogP contribution in [-0.4, -0.2) is 23.1 Å². The Morgan fingerprint density at radius 1 is 0.200 bits per heavy atom. The standard InChI is InChI=1S/C26H16O2.C20H12O2/c27-25-19-13-7-8-14-20(19)26(28)24-16-22(18-11-5-2-6-12-18)21(15-23(24)25)17-9-3-1-4-10-17;21-19-15-8-4-5-9-16(15)20(22)18-12-14(10-11-17(18)19)13-6-2-1-3-7-13/h1-16H;1-12H. The molecule has 0 unspecified atom stereocenters. The molecule has 0 aliphatic heterocycles. The summed E-state index contributed by atoms with van der Waals surface area (Å²) < 4.78 is 0. The van der Waals surface area contributed by atoms with Crippen molar-refractivity contribution in [1.82, 2.24) is 0 Å². The Morgan fingerprint density at radius 3 is 0.900 bits per heavy atom. The van der Waals surface area contributed by atoms with Crippen molar-refractivity contribution in [1.29, 1.82) is 0 Å². The maximum Gasteiger partial charge on any atom is 0.194 e. The van der Waals surface area contributed by atoms with E-state index in [1.54, 1.807) is 54.6 Å². The first-order chi connectivity index (χ1) is 24.5. The van der Waals surface area contributed by atoms with Gasteiger partial charge in [-0.05, 0) is 57.6 Å². The Hall–Kier alpha value is -6.78. The molecule has 2 aliphatic carbocycles. The average molecular weight is 645 g/mol. The van der Waals surface area contributed by atoms with Gasteiger partial charge in [0.1, 0.15) is 0 Å². The summed E-state index contributed by atoms with van der Waals surface area (Å²) in [5.41, 5.74) is 9.78. The Labute approximate surface area is 289 Å². The minimum Gasteiger partial charge on any atom is -0.289 e. The van der Waals surface area contributed by atoms with Crippen molar-refractivity contribution in [3.05, 3.63) is 214 Å². The molecule has 0 heterocycles. The lowest BCUT2D eigenvalue weighted by molar-refractivity contribution is 0.0979. The summed E-state index contributed by atoms with van der Waals surface area (Å²) in [4.78, 5) is 51.5. The lowest BCUT2D eigenvalue weighted by Crippen LogP contribution is -2.21. The largest absolute Gasteiger partial charge is 0.289 e. The van der Waals surface area contributed by atoms with Crippen LogP contribution in [0.2, 0.25) is 0 Å². The van der Waals surface area contributed by atoms with Crippen molar-refractivity contribution in [3.63, 3.8) is 0 Å². The first-order valence-corrected chi connectivity index (χ1v) is 16.3. The van der Waals surface area contributed by atoms with Crippen molar-refractivity contribution >= 4 is 23.1 Å². The Balaban J connectivity index is 0.000000149. The summed E-state index contributed by atoms with van der Waals surface area (Å²) >= 11 is 0. The van der Waals surface area contributed by atoms with Crippen LogP contribution in [0.25, 0.3) is 33.4 Å². The molecule has 0 radical (unpaired) electrons.